The van der Waals surface area contributed by atoms with Crippen LogP contribution in [0.2, 0.25) is 0 Å². The third-order valence-corrected chi connectivity index (χ3v) is 4.66. The smallest absolute Gasteiger partial charge is 0.230 e. The largest absolute Gasteiger partial charge is 0.349 e. The van der Waals surface area contributed by atoms with E-state index in [0.29, 0.717) is 5.75 Å². The van der Waals surface area contributed by atoms with Gasteiger partial charge in [-0.15, -0.1) is 11.8 Å². The maximum Gasteiger partial charge on any atom is 0.230 e. The van der Waals surface area contributed by atoms with Crippen molar-refractivity contribution in [3.8, 4) is 0 Å². The Kier molecular flexibility index (Phi) is 5.45. The third kappa shape index (κ3) is 4.36. The lowest BCUT2D eigenvalue weighted by Gasteiger charge is -2.16. The number of hydrogen-bond acceptors (Lipinski definition) is 2. The summed E-state index contributed by atoms with van der Waals surface area (Å²) in [5.41, 5.74) is 3.59. The molecule has 0 aromatic heterocycles. The molecule has 0 radical (unpaired) electrons. The van der Waals surface area contributed by atoms with Gasteiger partial charge >= 0.3 is 0 Å². The highest BCUT2D eigenvalue weighted by atomic mass is 32.2. The van der Waals surface area contributed by atoms with Gasteiger partial charge in [0.15, 0.2) is 0 Å². The van der Waals surface area contributed by atoms with Gasteiger partial charge in [-0.1, -0.05) is 42.5 Å². The van der Waals surface area contributed by atoms with E-state index in [1.807, 2.05) is 31.2 Å². The summed E-state index contributed by atoms with van der Waals surface area (Å²) in [6.45, 7) is 6.16. The quantitative estimate of drug-likeness (QED) is 0.835. The van der Waals surface area contributed by atoms with Crippen LogP contribution in [-0.4, -0.2) is 11.7 Å². The zero-order valence-corrected chi connectivity index (χ0v) is 13.5. The van der Waals surface area contributed by atoms with Crippen molar-refractivity contribution in [2.75, 3.05) is 5.75 Å². The van der Waals surface area contributed by atoms with Crippen molar-refractivity contribution >= 4 is 17.7 Å². The Hall–Kier alpha value is -1.74. The molecule has 1 atom stereocenters. The number of carbonyl (C=O) groups excluding carboxylic acids is 1. The molecule has 1 amide bonds. The minimum absolute atomic E-state index is 0.0381. The second-order valence-electron chi connectivity index (χ2n) is 5.20. The summed E-state index contributed by atoms with van der Waals surface area (Å²) >= 11 is 1.58. The van der Waals surface area contributed by atoms with Crippen LogP contribution >= 0.6 is 11.8 Å². The second-order valence-corrected chi connectivity index (χ2v) is 6.22. The molecule has 1 N–H and O–H groups in total. The van der Waals surface area contributed by atoms with Gasteiger partial charge in [-0.05, 0) is 43.5 Å². The van der Waals surface area contributed by atoms with E-state index in [-0.39, 0.29) is 11.9 Å². The summed E-state index contributed by atoms with van der Waals surface area (Å²) in [5.74, 6) is 0.514. The Labute approximate surface area is 131 Å². The van der Waals surface area contributed by atoms with Crippen LogP contribution in [0.25, 0.3) is 0 Å². The zero-order chi connectivity index (χ0) is 15.2. The van der Waals surface area contributed by atoms with Crippen molar-refractivity contribution in [3.63, 3.8) is 0 Å². The lowest BCUT2D eigenvalue weighted by Crippen LogP contribution is -2.28. The molecule has 2 aromatic rings. The molecule has 0 fully saturated rings. The average molecular weight is 299 g/mol. The summed E-state index contributed by atoms with van der Waals surface area (Å²) in [7, 11) is 0. The van der Waals surface area contributed by atoms with Crippen molar-refractivity contribution in [2.24, 2.45) is 0 Å². The van der Waals surface area contributed by atoms with Crippen LogP contribution in [0.15, 0.2) is 53.4 Å². The molecule has 1 unspecified atom stereocenters. The Bertz CT molecular complexity index is 624. The number of carbonyl (C=O) groups is 1. The third-order valence-electron chi connectivity index (χ3n) is 3.48. The molecule has 3 heteroatoms. The van der Waals surface area contributed by atoms with Gasteiger partial charge < -0.3 is 5.32 Å². The molecule has 0 aliphatic heterocycles. The van der Waals surface area contributed by atoms with Crippen LogP contribution in [-0.2, 0) is 4.79 Å². The van der Waals surface area contributed by atoms with Gasteiger partial charge in [0.05, 0.1) is 11.8 Å². The van der Waals surface area contributed by atoms with E-state index in [1.54, 1.807) is 11.8 Å². The normalized spacial score (nSPS) is 12.0. The van der Waals surface area contributed by atoms with E-state index in [4.69, 9.17) is 0 Å². The van der Waals surface area contributed by atoms with Gasteiger partial charge in [-0.25, -0.2) is 0 Å². The van der Waals surface area contributed by atoms with Crippen LogP contribution in [0.4, 0.5) is 0 Å². The predicted octanol–water partition coefficient (Wildman–Crippen LogP) is 4.27. The number of benzene rings is 2. The van der Waals surface area contributed by atoms with E-state index < -0.39 is 0 Å². The molecule has 0 spiro atoms. The highest BCUT2D eigenvalue weighted by Crippen LogP contribution is 2.22. The minimum Gasteiger partial charge on any atom is -0.349 e. The van der Waals surface area contributed by atoms with E-state index in [0.717, 1.165) is 4.90 Å². The fourth-order valence-corrected chi connectivity index (χ4v) is 3.14. The fourth-order valence-electron chi connectivity index (χ4n) is 2.30. The molecule has 0 bridgehead atoms. The number of aryl methyl sites for hydroxylation is 2. The van der Waals surface area contributed by atoms with E-state index in [1.165, 1.54) is 16.7 Å². The van der Waals surface area contributed by atoms with Crippen LogP contribution in [0.3, 0.4) is 0 Å². The van der Waals surface area contributed by atoms with Gasteiger partial charge in [-0.2, -0.15) is 0 Å². The van der Waals surface area contributed by atoms with Gasteiger partial charge in [-0.3, -0.25) is 4.79 Å². The van der Waals surface area contributed by atoms with Crippen LogP contribution < -0.4 is 5.32 Å². The summed E-state index contributed by atoms with van der Waals surface area (Å²) in [4.78, 5) is 13.3. The molecule has 0 saturated carbocycles. The molecular formula is C18H21NOS. The van der Waals surface area contributed by atoms with Crippen molar-refractivity contribution in [2.45, 2.75) is 31.7 Å². The predicted molar refractivity (Wildman–Crippen MR) is 89.6 cm³/mol. The summed E-state index contributed by atoms with van der Waals surface area (Å²) in [5, 5.41) is 3.07. The topological polar surface area (TPSA) is 29.1 Å². The Morgan fingerprint density at radius 3 is 2.33 bits per heavy atom. The average Bonchev–Trinajstić information content (AvgIpc) is 2.46. The van der Waals surface area contributed by atoms with Gasteiger partial charge in [0, 0.05) is 4.90 Å². The first kappa shape index (κ1) is 15.6. The SMILES string of the molecule is Cc1ccccc1SCC(=O)NC(C)c1ccccc1C. The molecular weight excluding hydrogens is 278 g/mol. The van der Waals surface area contributed by atoms with Crippen LogP contribution in [0, 0.1) is 13.8 Å². The van der Waals surface area contributed by atoms with Crippen molar-refractivity contribution in [3.05, 3.63) is 65.2 Å². The van der Waals surface area contributed by atoms with Crippen LogP contribution in [0.1, 0.15) is 29.7 Å². The molecule has 0 aliphatic rings. The number of rotatable bonds is 5. The maximum atomic E-state index is 12.1. The molecule has 0 saturated heterocycles. The first-order valence-electron chi connectivity index (χ1n) is 7.11. The molecule has 110 valence electrons. The van der Waals surface area contributed by atoms with Crippen LogP contribution in [0.5, 0.6) is 0 Å². The molecule has 21 heavy (non-hydrogen) atoms. The molecule has 0 aliphatic carbocycles. The highest BCUT2D eigenvalue weighted by Gasteiger charge is 2.11. The number of thioether (sulfide) groups is 1. The fraction of sp³-hybridized carbons (Fsp3) is 0.278. The lowest BCUT2D eigenvalue weighted by molar-refractivity contribution is -0.119. The number of amides is 1. The van der Waals surface area contributed by atoms with E-state index >= 15 is 0 Å². The van der Waals surface area contributed by atoms with Crippen molar-refractivity contribution in [1.82, 2.24) is 5.32 Å². The summed E-state index contributed by atoms with van der Waals surface area (Å²) in [6, 6.07) is 16.3. The second kappa shape index (κ2) is 7.32. The Morgan fingerprint density at radius 2 is 1.67 bits per heavy atom. The minimum atomic E-state index is 0.0381. The Morgan fingerprint density at radius 1 is 1.05 bits per heavy atom. The molecule has 0 heterocycles. The van der Waals surface area contributed by atoms with Gasteiger partial charge in [0.25, 0.3) is 0 Å². The van der Waals surface area contributed by atoms with Gasteiger partial charge in [0.1, 0.15) is 0 Å². The Balaban J connectivity index is 1.90. The monoisotopic (exact) mass is 299 g/mol. The lowest BCUT2D eigenvalue weighted by atomic mass is 10.0. The molecule has 2 nitrogen and oxygen atoms in total. The maximum absolute atomic E-state index is 12.1. The molecule has 2 aromatic carbocycles. The first-order valence-corrected chi connectivity index (χ1v) is 8.10. The van der Waals surface area contributed by atoms with E-state index in [9.17, 15) is 4.79 Å². The van der Waals surface area contributed by atoms with Gasteiger partial charge in [0.2, 0.25) is 5.91 Å². The number of nitrogens with one attached hydrogen (secondary N) is 1. The number of hydrogen-bond donors (Lipinski definition) is 1. The highest BCUT2D eigenvalue weighted by molar-refractivity contribution is 8.00. The standard InChI is InChI=1S/C18H21NOS/c1-13-8-4-6-10-16(13)15(3)19-18(20)12-21-17-11-7-5-9-14(17)2/h4-11,15H,12H2,1-3H3,(H,19,20). The van der Waals surface area contributed by atoms with E-state index in [2.05, 4.69) is 43.4 Å². The summed E-state index contributed by atoms with van der Waals surface area (Å²) in [6.07, 6.45) is 0. The van der Waals surface area contributed by atoms with Crippen molar-refractivity contribution < 1.29 is 4.79 Å². The summed E-state index contributed by atoms with van der Waals surface area (Å²) < 4.78 is 0. The first-order chi connectivity index (χ1) is 10.1. The zero-order valence-electron chi connectivity index (χ0n) is 12.7. The van der Waals surface area contributed by atoms with Crippen molar-refractivity contribution in [1.29, 1.82) is 0 Å². The molecule has 2 rings (SSSR count).